The van der Waals surface area contributed by atoms with Crippen molar-refractivity contribution in [2.75, 3.05) is 5.32 Å². The Kier molecular flexibility index (Phi) is 3.20. The first kappa shape index (κ1) is 12.7. The highest BCUT2D eigenvalue weighted by Gasteiger charge is 2.33. The summed E-state index contributed by atoms with van der Waals surface area (Å²) >= 11 is 0.696. The van der Waals surface area contributed by atoms with Gasteiger partial charge in [-0.15, -0.1) is 11.3 Å². The lowest BCUT2D eigenvalue weighted by atomic mass is 10.3. The molecule has 0 saturated heterocycles. The van der Waals surface area contributed by atoms with Gasteiger partial charge in [0, 0.05) is 17.1 Å². The van der Waals surface area contributed by atoms with Crippen molar-refractivity contribution in [1.29, 1.82) is 0 Å². The number of nitrogens with one attached hydrogen (secondary N) is 1. The van der Waals surface area contributed by atoms with E-state index in [1.165, 1.54) is 0 Å². The molecule has 0 bridgehead atoms. The molecule has 0 atom stereocenters. The summed E-state index contributed by atoms with van der Waals surface area (Å²) in [5.41, 5.74) is -1.05. The molecule has 0 aliphatic rings. The van der Waals surface area contributed by atoms with Gasteiger partial charge in [-0.05, 0) is 12.1 Å². The molecule has 96 valence electrons. The molecule has 1 aromatic heterocycles. The summed E-state index contributed by atoms with van der Waals surface area (Å²) in [5.74, 6) is -1.66. The van der Waals surface area contributed by atoms with Crippen LogP contribution in [0.2, 0.25) is 0 Å². The van der Waals surface area contributed by atoms with Crippen LogP contribution in [-0.2, 0) is 6.18 Å². The van der Waals surface area contributed by atoms with Crippen molar-refractivity contribution in [3.05, 3.63) is 40.9 Å². The summed E-state index contributed by atoms with van der Waals surface area (Å²) in [6, 6.07) is 2.57. The molecule has 0 unspecified atom stereocenters. The van der Waals surface area contributed by atoms with Crippen molar-refractivity contribution in [3.8, 4) is 0 Å². The van der Waals surface area contributed by atoms with Gasteiger partial charge in [0.1, 0.15) is 11.6 Å². The molecule has 2 nitrogen and oxygen atoms in total. The third-order valence-electron chi connectivity index (χ3n) is 1.91. The maximum Gasteiger partial charge on any atom is 0.434 e. The fraction of sp³-hybridized carbons (Fsp3) is 0.100. The summed E-state index contributed by atoms with van der Waals surface area (Å²) in [6.07, 6.45) is -4.54. The number of nitrogens with zero attached hydrogens (tertiary/aromatic N) is 1. The topological polar surface area (TPSA) is 24.9 Å². The van der Waals surface area contributed by atoms with Gasteiger partial charge < -0.3 is 5.32 Å². The number of hydrogen-bond acceptors (Lipinski definition) is 3. The highest BCUT2D eigenvalue weighted by Crippen LogP contribution is 2.32. The van der Waals surface area contributed by atoms with Crippen LogP contribution in [0.25, 0.3) is 0 Å². The fourth-order valence-corrected chi connectivity index (χ4v) is 1.95. The Labute approximate surface area is 102 Å². The number of anilines is 2. The molecule has 0 spiro atoms. The molecule has 0 saturated carbocycles. The quantitative estimate of drug-likeness (QED) is 0.834. The number of benzene rings is 1. The van der Waals surface area contributed by atoms with Crippen molar-refractivity contribution in [3.63, 3.8) is 0 Å². The minimum atomic E-state index is -4.54. The van der Waals surface area contributed by atoms with Gasteiger partial charge in [0.15, 0.2) is 10.8 Å². The van der Waals surface area contributed by atoms with E-state index < -0.39 is 23.5 Å². The van der Waals surface area contributed by atoms with Crippen LogP contribution in [0.5, 0.6) is 0 Å². The van der Waals surface area contributed by atoms with Crippen LogP contribution >= 0.6 is 11.3 Å². The monoisotopic (exact) mass is 280 g/mol. The lowest BCUT2D eigenvalue weighted by molar-refractivity contribution is -0.140. The predicted octanol–water partition coefficient (Wildman–Crippen LogP) is 4.18. The molecule has 1 heterocycles. The van der Waals surface area contributed by atoms with E-state index in [2.05, 4.69) is 10.3 Å². The maximum absolute atomic E-state index is 12.8. The summed E-state index contributed by atoms with van der Waals surface area (Å²) in [7, 11) is 0. The third kappa shape index (κ3) is 2.95. The molecule has 1 aromatic carbocycles. The first-order valence-corrected chi connectivity index (χ1v) is 5.48. The van der Waals surface area contributed by atoms with Gasteiger partial charge in [-0.25, -0.2) is 13.8 Å². The van der Waals surface area contributed by atoms with Crippen molar-refractivity contribution in [2.24, 2.45) is 0 Å². The van der Waals surface area contributed by atoms with Gasteiger partial charge in [0.05, 0.1) is 0 Å². The second kappa shape index (κ2) is 4.52. The second-order valence-electron chi connectivity index (χ2n) is 3.32. The van der Waals surface area contributed by atoms with E-state index in [4.69, 9.17) is 0 Å². The predicted molar refractivity (Wildman–Crippen MR) is 56.8 cm³/mol. The normalized spacial score (nSPS) is 11.6. The van der Waals surface area contributed by atoms with Crippen molar-refractivity contribution in [2.45, 2.75) is 6.18 Å². The van der Waals surface area contributed by atoms with E-state index in [0.717, 1.165) is 17.5 Å². The molecule has 1 N–H and O–H groups in total. The molecule has 0 aliphatic carbocycles. The van der Waals surface area contributed by atoms with Gasteiger partial charge in [0.25, 0.3) is 0 Å². The molecule has 2 aromatic rings. The van der Waals surface area contributed by atoms with Gasteiger partial charge >= 0.3 is 6.18 Å². The summed E-state index contributed by atoms with van der Waals surface area (Å²) in [5, 5.41) is 3.13. The number of halogens is 5. The highest BCUT2D eigenvalue weighted by atomic mass is 32.1. The Morgan fingerprint density at radius 2 is 1.67 bits per heavy atom. The summed E-state index contributed by atoms with van der Waals surface area (Å²) < 4.78 is 62.5. The standard InChI is InChI=1S/C10H5F5N2S/c11-5-1-6(12)3-7(2-5)16-9-17-8(4-18-9)10(13,14)15/h1-4H,(H,16,17). The minimum Gasteiger partial charge on any atom is -0.331 e. The van der Waals surface area contributed by atoms with Crippen molar-refractivity contribution in [1.82, 2.24) is 4.98 Å². The van der Waals surface area contributed by atoms with Gasteiger partial charge in [-0.3, -0.25) is 0 Å². The van der Waals surface area contributed by atoms with Crippen LogP contribution in [-0.4, -0.2) is 4.98 Å². The third-order valence-corrected chi connectivity index (χ3v) is 2.67. The van der Waals surface area contributed by atoms with Crippen LogP contribution in [0.1, 0.15) is 5.69 Å². The van der Waals surface area contributed by atoms with Crippen LogP contribution in [0.4, 0.5) is 32.8 Å². The Morgan fingerprint density at radius 3 is 2.17 bits per heavy atom. The second-order valence-corrected chi connectivity index (χ2v) is 4.18. The van der Waals surface area contributed by atoms with Gasteiger partial charge in [-0.1, -0.05) is 0 Å². The van der Waals surface area contributed by atoms with Crippen LogP contribution in [0, 0.1) is 11.6 Å². The van der Waals surface area contributed by atoms with Crippen LogP contribution in [0.15, 0.2) is 23.6 Å². The number of thiazole rings is 1. The Morgan fingerprint density at radius 1 is 1.06 bits per heavy atom. The summed E-state index contributed by atoms with van der Waals surface area (Å²) in [6.45, 7) is 0. The lowest BCUT2D eigenvalue weighted by Gasteiger charge is -2.03. The molecule has 0 amide bonds. The zero-order chi connectivity index (χ0) is 13.3. The van der Waals surface area contributed by atoms with E-state index in [1.807, 2.05) is 0 Å². The molecule has 2 rings (SSSR count). The average Bonchev–Trinajstić information content (AvgIpc) is 2.63. The van der Waals surface area contributed by atoms with Gasteiger partial charge in [0.2, 0.25) is 0 Å². The number of aromatic nitrogens is 1. The van der Waals surface area contributed by atoms with Gasteiger partial charge in [-0.2, -0.15) is 13.2 Å². The number of rotatable bonds is 2. The van der Waals surface area contributed by atoms with E-state index in [9.17, 15) is 22.0 Å². The maximum atomic E-state index is 12.8. The molecular formula is C10H5F5N2S. The molecule has 0 aliphatic heterocycles. The summed E-state index contributed by atoms with van der Waals surface area (Å²) in [4.78, 5) is 3.27. The van der Waals surface area contributed by atoms with E-state index in [0.29, 0.717) is 17.4 Å². The molecule has 0 fully saturated rings. The highest BCUT2D eigenvalue weighted by molar-refractivity contribution is 7.13. The molecule has 8 heteroatoms. The smallest absolute Gasteiger partial charge is 0.331 e. The molecule has 0 radical (unpaired) electrons. The molecule has 18 heavy (non-hydrogen) atoms. The SMILES string of the molecule is Fc1cc(F)cc(Nc2nc(C(F)(F)F)cs2)c1. The Hall–Kier alpha value is -1.70. The first-order chi connectivity index (χ1) is 8.34. The lowest BCUT2D eigenvalue weighted by Crippen LogP contribution is -2.05. The number of hydrogen-bond donors (Lipinski definition) is 1. The minimum absolute atomic E-state index is 0.00410. The largest absolute Gasteiger partial charge is 0.434 e. The Bertz CT molecular complexity index is 543. The van der Waals surface area contributed by atoms with E-state index >= 15 is 0 Å². The molecular weight excluding hydrogens is 275 g/mol. The van der Waals surface area contributed by atoms with E-state index in [1.54, 1.807) is 0 Å². The van der Waals surface area contributed by atoms with Crippen LogP contribution in [0.3, 0.4) is 0 Å². The fourth-order valence-electron chi connectivity index (χ4n) is 1.21. The van der Waals surface area contributed by atoms with Crippen molar-refractivity contribution < 1.29 is 22.0 Å². The first-order valence-electron chi connectivity index (χ1n) is 4.60. The van der Waals surface area contributed by atoms with E-state index in [-0.39, 0.29) is 10.8 Å². The zero-order valence-electron chi connectivity index (χ0n) is 8.55. The Balaban J connectivity index is 2.21. The zero-order valence-corrected chi connectivity index (χ0v) is 9.37. The average molecular weight is 280 g/mol. The van der Waals surface area contributed by atoms with Crippen molar-refractivity contribution >= 4 is 22.2 Å². The van der Waals surface area contributed by atoms with Crippen LogP contribution < -0.4 is 5.32 Å². The number of alkyl halides is 3.